The number of fused-ring (bicyclic) bond motifs is 1. The summed E-state index contributed by atoms with van der Waals surface area (Å²) in [4.78, 5) is 16.3. The summed E-state index contributed by atoms with van der Waals surface area (Å²) in [6.07, 6.45) is 0.0442. The van der Waals surface area contributed by atoms with Crippen LogP contribution in [0.25, 0.3) is 0 Å². The Balaban J connectivity index is 1.57. The van der Waals surface area contributed by atoms with Crippen LogP contribution in [0.2, 0.25) is 0 Å². The number of methoxy groups -OCH3 is 1. The highest BCUT2D eigenvalue weighted by atomic mass is 32.2. The number of benzene rings is 2. The number of ether oxygens (including phenoxy) is 2. The first-order chi connectivity index (χ1) is 12.5. The number of aliphatic imine (C=N–C) groups is 1. The molecule has 7 nitrogen and oxygen atoms in total. The Labute approximate surface area is 151 Å². The van der Waals surface area contributed by atoms with E-state index < -0.39 is 16.0 Å². The molecule has 1 heterocycles. The highest BCUT2D eigenvalue weighted by Crippen LogP contribution is 2.22. The van der Waals surface area contributed by atoms with Gasteiger partial charge in [-0.3, -0.25) is 14.5 Å². The molecule has 0 spiro atoms. The van der Waals surface area contributed by atoms with Gasteiger partial charge in [-0.05, 0) is 18.2 Å². The van der Waals surface area contributed by atoms with E-state index in [4.69, 9.17) is 9.47 Å². The van der Waals surface area contributed by atoms with Crippen LogP contribution in [0.15, 0.2) is 58.4 Å². The zero-order valence-electron chi connectivity index (χ0n) is 14.1. The van der Waals surface area contributed by atoms with Crippen LogP contribution in [0, 0.1) is 0 Å². The summed E-state index contributed by atoms with van der Waals surface area (Å²) in [5, 5.41) is 0. The summed E-state index contributed by atoms with van der Waals surface area (Å²) in [6.45, 7) is 0.228. The first kappa shape index (κ1) is 17.9. The second kappa shape index (κ2) is 7.57. The number of carbonyl (C=O) groups is 1. The van der Waals surface area contributed by atoms with Gasteiger partial charge in [-0.2, -0.15) is 0 Å². The largest absolute Gasteiger partial charge is 0.496 e. The van der Waals surface area contributed by atoms with Crippen molar-refractivity contribution in [3.63, 3.8) is 0 Å². The molecule has 2 aromatic rings. The molecule has 0 unspecified atom stereocenters. The fraction of sp³-hybridized carbons (Fsp3) is 0.222. The van der Waals surface area contributed by atoms with Crippen molar-refractivity contribution in [2.24, 2.45) is 4.99 Å². The van der Waals surface area contributed by atoms with Gasteiger partial charge in [0.1, 0.15) is 18.2 Å². The normalized spacial score (nSPS) is 16.0. The Morgan fingerprint density at radius 2 is 1.85 bits per heavy atom. The van der Waals surface area contributed by atoms with Crippen LogP contribution in [0.3, 0.4) is 0 Å². The first-order valence-corrected chi connectivity index (χ1v) is 9.44. The molecule has 0 radical (unpaired) electrons. The third-order valence-electron chi connectivity index (χ3n) is 3.83. The van der Waals surface area contributed by atoms with Crippen molar-refractivity contribution in [1.82, 2.24) is 4.72 Å². The van der Waals surface area contributed by atoms with Crippen molar-refractivity contribution in [2.45, 2.75) is 17.9 Å². The van der Waals surface area contributed by atoms with Gasteiger partial charge in [0.2, 0.25) is 0 Å². The number of sulfonamides is 1. The van der Waals surface area contributed by atoms with Crippen molar-refractivity contribution in [3.8, 4) is 5.75 Å². The lowest BCUT2D eigenvalue weighted by Crippen LogP contribution is -2.22. The van der Waals surface area contributed by atoms with Crippen molar-refractivity contribution < 1.29 is 22.7 Å². The van der Waals surface area contributed by atoms with Crippen LogP contribution < -0.4 is 9.46 Å². The number of esters is 1. The van der Waals surface area contributed by atoms with Crippen LogP contribution in [0.1, 0.15) is 17.5 Å². The van der Waals surface area contributed by atoms with Crippen LogP contribution in [-0.4, -0.2) is 33.9 Å². The number of nitrogens with one attached hydrogen (secondary N) is 1. The molecule has 0 atom stereocenters. The molecular formula is C18H18N2O5S. The summed E-state index contributed by atoms with van der Waals surface area (Å²) in [5.41, 5.74) is 1.28. The van der Waals surface area contributed by atoms with Gasteiger partial charge < -0.3 is 9.47 Å². The van der Waals surface area contributed by atoms with Gasteiger partial charge in [0.05, 0.1) is 25.0 Å². The van der Waals surface area contributed by atoms with E-state index in [9.17, 15) is 13.2 Å². The lowest BCUT2D eigenvalue weighted by Gasteiger charge is -2.08. The predicted octanol–water partition coefficient (Wildman–Crippen LogP) is 1.87. The number of hydrogen-bond acceptors (Lipinski definition) is 6. The lowest BCUT2D eigenvalue weighted by molar-refractivity contribution is -0.144. The van der Waals surface area contributed by atoms with E-state index in [1.54, 1.807) is 31.4 Å². The second-order valence-electron chi connectivity index (χ2n) is 5.55. The van der Waals surface area contributed by atoms with Crippen molar-refractivity contribution in [2.75, 3.05) is 13.7 Å². The summed E-state index contributed by atoms with van der Waals surface area (Å²) in [6, 6.07) is 13.8. The van der Waals surface area contributed by atoms with Crippen LogP contribution in [0.5, 0.6) is 5.75 Å². The Hall–Kier alpha value is -2.87. The van der Waals surface area contributed by atoms with Crippen LogP contribution in [0.4, 0.5) is 0 Å². The molecular weight excluding hydrogens is 356 g/mol. The molecule has 0 saturated carbocycles. The number of amidine groups is 1. The fourth-order valence-corrected chi connectivity index (χ4v) is 3.81. The van der Waals surface area contributed by atoms with E-state index >= 15 is 0 Å². The number of hydrogen-bond donors (Lipinski definition) is 1. The van der Waals surface area contributed by atoms with Gasteiger partial charge in [-0.1, -0.05) is 30.3 Å². The van der Waals surface area contributed by atoms with Crippen molar-refractivity contribution in [1.29, 1.82) is 0 Å². The lowest BCUT2D eigenvalue weighted by atomic mass is 10.2. The van der Waals surface area contributed by atoms with Crippen molar-refractivity contribution >= 4 is 21.8 Å². The SMILES string of the molecule is COc1ccccc1COC(=O)CCN=C1NS(=O)(=O)c2ccccc21. The smallest absolute Gasteiger partial charge is 0.308 e. The maximum atomic E-state index is 12.0. The van der Waals surface area contributed by atoms with Crippen LogP contribution in [-0.2, 0) is 26.2 Å². The Morgan fingerprint density at radius 3 is 2.65 bits per heavy atom. The molecule has 8 heteroatoms. The molecule has 0 bridgehead atoms. The quantitative estimate of drug-likeness (QED) is 0.779. The number of nitrogens with zero attached hydrogens (tertiary/aromatic N) is 1. The molecule has 3 rings (SSSR count). The molecule has 136 valence electrons. The third kappa shape index (κ3) is 3.85. The minimum absolute atomic E-state index is 0.0442. The van der Waals surface area contributed by atoms with E-state index in [1.165, 1.54) is 6.07 Å². The first-order valence-electron chi connectivity index (χ1n) is 7.95. The Morgan fingerprint density at radius 1 is 1.12 bits per heavy atom. The summed E-state index contributed by atoms with van der Waals surface area (Å²) < 4.78 is 36.8. The zero-order chi connectivity index (χ0) is 18.6. The number of para-hydroxylation sites is 1. The van der Waals surface area contributed by atoms with Gasteiger partial charge in [0.15, 0.2) is 0 Å². The van der Waals surface area contributed by atoms with Gasteiger partial charge in [0.25, 0.3) is 10.0 Å². The highest BCUT2D eigenvalue weighted by Gasteiger charge is 2.29. The molecule has 2 aromatic carbocycles. The molecule has 0 fully saturated rings. The molecule has 26 heavy (non-hydrogen) atoms. The minimum Gasteiger partial charge on any atom is -0.496 e. The van der Waals surface area contributed by atoms with Gasteiger partial charge >= 0.3 is 5.97 Å². The van der Waals surface area contributed by atoms with E-state index in [1.807, 2.05) is 18.2 Å². The molecule has 1 aliphatic heterocycles. The third-order valence-corrected chi connectivity index (χ3v) is 5.23. The fourth-order valence-electron chi connectivity index (χ4n) is 2.56. The Kier molecular flexibility index (Phi) is 5.22. The average Bonchev–Trinajstić information content (AvgIpc) is 2.91. The molecule has 1 aliphatic rings. The number of carbonyl (C=O) groups excluding carboxylic acids is 1. The van der Waals surface area contributed by atoms with Gasteiger partial charge in [-0.15, -0.1) is 0 Å². The average molecular weight is 374 g/mol. The molecule has 0 amide bonds. The molecule has 0 aromatic heterocycles. The molecule has 1 N–H and O–H groups in total. The minimum atomic E-state index is -3.57. The standard InChI is InChI=1S/C18H18N2O5S/c1-24-15-8-4-2-6-13(15)12-25-17(21)10-11-19-18-14-7-3-5-9-16(14)26(22,23)20-18/h2-9H,10-12H2,1H3,(H,19,20). The summed E-state index contributed by atoms with van der Waals surface area (Å²) in [7, 11) is -2.02. The highest BCUT2D eigenvalue weighted by molar-refractivity contribution is 7.90. The van der Waals surface area contributed by atoms with E-state index in [-0.39, 0.29) is 30.3 Å². The Bertz CT molecular complexity index is 954. The maximum absolute atomic E-state index is 12.0. The monoisotopic (exact) mass is 374 g/mol. The van der Waals surface area contributed by atoms with E-state index in [0.29, 0.717) is 11.3 Å². The van der Waals surface area contributed by atoms with E-state index in [0.717, 1.165) is 5.56 Å². The maximum Gasteiger partial charge on any atom is 0.308 e. The molecule has 0 aliphatic carbocycles. The van der Waals surface area contributed by atoms with Crippen LogP contribution >= 0.6 is 0 Å². The van der Waals surface area contributed by atoms with Gasteiger partial charge in [-0.25, -0.2) is 8.42 Å². The topological polar surface area (TPSA) is 94.1 Å². The van der Waals surface area contributed by atoms with E-state index in [2.05, 4.69) is 9.71 Å². The summed E-state index contributed by atoms with van der Waals surface area (Å²) in [5.74, 6) is 0.477. The van der Waals surface area contributed by atoms with Gasteiger partial charge in [0, 0.05) is 11.1 Å². The zero-order valence-corrected chi connectivity index (χ0v) is 15.0. The summed E-state index contributed by atoms with van der Waals surface area (Å²) >= 11 is 0. The molecule has 0 saturated heterocycles. The van der Waals surface area contributed by atoms with Crippen molar-refractivity contribution in [3.05, 3.63) is 59.7 Å². The number of rotatable bonds is 6. The predicted molar refractivity (Wildman–Crippen MR) is 95.6 cm³/mol. The second-order valence-corrected chi connectivity index (χ2v) is 7.21.